The van der Waals surface area contributed by atoms with Crippen molar-refractivity contribution in [2.75, 3.05) is 19.0 Å². The van der Waals surface area contributed by atoms with E-state index >= 15 is 0 Å². The Labute approximate surface area is 184 Å². The van der Waals surface area contributed by atoms with Gasteiger partial charge >= 0.3 is 6.18 Å². The maximum atomic E-state index is 13.1. The summed E-state index contributed by atoms with van der Waals surface area (Å²) in [7, 11) is 1.42. The molecule has 0 aliphatic carbocycles. The number of amides is 1. The highest BCUT2D eigenvalue weighted by Crippen LogP contribution is 2.35. The number of carbonyl (C=O) groups excluding carboxylic acids is 1. The average Bonchev–Trinajstić information content (AvgIpc) is 3.15. The molecule has 0 saturated heterocycles. The van der Waals surface area contributed by atoms with Gasteiger partial charge in [-0.3, -0.25) is 9.78 Å². The van der Waals surface area contributed by atoms with E-state index < -0.39 is 24.3 Å². The number of aryl methyl sites for hydroxylation is 1. The molecule has 164 valence electrons. The van der Waals surface area contributed by atoms with E-state index in [0.29, 0.717) is 17.2 Å². The van der Waals surface area contributed by atoms with Gasteiger partial charge in [-0.1, -0.05) is 35.2 Å². The number of aromatic nitrogens is 3. The number of ether oxygens (including phenoxy) is 2. The van der Waals surface area contributed by atoms with Crippen LogP contribution in [0.4, 0.5) is 18.9 Å². The number of hydrogen-bond donors (Lipinski definition) is 1. The third kappa shape index (κ3) is 6.31. The summed E-state index contributed by atoms with van der Waals surface area (Å²) in [6.07, 6.45) is -3.13. The quantitative estimate of drug-likeness (QED) is 0.482. The SMILES string of the molecule is COc1cnc(CSc2nnc(C)s2)cc1OCC(=O)Nc1ccccc1C(F)(F)F. The van der Waals surface area contributed by atoms with E-state index in [4.69, 9.17) is 9.47 Å². The molecule has 0 aliphatic rings. The van der Waals surface area contributed by atoms with Gasteiger partial charge in [0.15, 0.2) is 22.4 Å². The molecule has 0 spiro atoms. The highest BCUT2D eigenvalue weighted by molar-refractivity contribution is 8.00. The Hall–Kier alpha value is -2.86. The molecule has 1 amide bonds. The van der Waals surface area contributed by atoms with Gasteiger partial charge in [0.2, 0.25) is 0 Å². The molecular formula is C19H17F3N4O3S2. The number of methoxy groups -OCH3 is 1. The molecule has 1 aromatic carbocycles. The summed E-state index contributed by atoms with van der Waals surface area (Å²) < 4.78 is 50.7. The van der Waals surface area contributed by atoms with Gasteiger partial charge in [0.1, 0.15) is 5.01 Å². The predicted octanol–water partition coefficient (Wildman–Crippen LogP) is 4.58. The smallest absolute Gasteiger partial charge is 0.418 e. The van der Waals surface area contributed by atoms with E-state index in [1.54, 1.807) is 6.07 Å². The van der Waals surface area contributed by atoms with Gasteiger partial charge in [-0.15, -0.1) is 10.2 Å². The minimum atomic E-state index is -4.59. The normalized spacial score (nSPS) is 11.3. The zero-order valence-electron chi connectivity index (χ0n) is 16.4. The third-order valence-corrected chi connectivity index (χ3v) is 5.83. The van der Waals surface area contributed by atoms with Crippen molar-refractivity contribution >= 4 is 34.7 Å². The summed E-state index contributed by atoms with van der Waals surface area (Å²) in [5, 5.41) is 11.1. The number of benzene rings is 1. The van der Waals surface area contributed by atoms with Crippen LogP contribution in [0.2, 0.25) is 0 Å². The highest BCUT2D eigenvalue weighted by Gasteiger charge is 2.33. The molecule has 0 fully saturated rings. The Bertz CT molecular complexity index is 1060. The standard InChI is InChI=1S/C19H17F3N4O3S2/c1-11-25-26-18(31-11)30-10-12-7-15(16(28-2)8-23-12)29-9-17(27)24-14-6-4-3-5-13(14)19(20,21)22/h3-8H,9-10H2,1-2H3,(H,24,27). The number of carbonyl (C=O) groups is 1. The molecule has 31 heavy (non-hydrogen) atoms. The van der Waals surface area contributed by atoms with E-state index in [1.165, 1.54) is 54.6 Å². The molecule has 0 atom stereocenters. The molecule has 0 unspecified atom stereocenters. The van der Waals surface area contributed by atoms with E-state index in [1.807, 2.05) is 6.92 Å². The van der Waals surface area contributed by atoms with Crippen LogP contribution in [0.1, 0.15) is 16.3 Å². The maximum absolute atomic E-state index is 13.1. The van der Waals surface area contributed by atoms with Crippen molar-refractivity contribution in [2.45, 2.75) is 23.2 Å². The number of para-hydroxylation sites is 1. The van der Waals surface area contributed by atoms with Crippen LogP contribution in [0.25, 0.3) is 0 Å². The molecule has 3 aromatic rings. The second-order valence-electron chi connectivity index (χ2n) is 6.08. The Morgan fingerprint density at radius 2 is 2.00 bits per heavy atom. The van der Waals surface area contributed by atoms with Crippen molar-refractivity contribution in [1.82, 2.24) is 15.2 Å². The number of thioether (sulfide) groups is 1. The number of nitrogens with zero attached hydrogens (tertiary/aromatic N) is 3. The molecule has 0 aliphatic heterocycles. The number of halogens is 3. The van der Waals surface area contributed by atoms with Gasteiger partial charge in [-0.05, 0) is 19.1 Å². The predicted molar refractivity (Wildman–Crippen MR) is 111 cm³/mol. The Balaban J connectivity index is 1.64. The number of pyridine rings is 1. The first kappa shape index (κ1) is 22.8. The van der Waals surface area contributed by atoms with Crippen LogP contribution in [0, 0.1) is 6.92 Å². The zero-order valence-corrected chi connectivity index (χ0v) is 18.0. The monoisotopic (exact) mass is 470 g/mol. The molecule has 1 N–H and O–H groups in total. The van der Waals surface area contributed by atoms with Crippen molar-refractivity contribution in [3.05, 3.63) is 52.8 Å². The Morgan fingerprint density at radius 1 is 1.23 bits per heavy atom. The molecule has 2 aromatic heterocycles. The van der Waals surface area contributed by atoms with E-state index in [0.717, 1.165) is 15.4 Å². The van der Waals surface area contributed by atoms with Crippen LogP contribution in [0.5, 0.6) is 11.5 Å². The van der Waals surface area contributed by atoms with E-state index in [9.17, 15) is 18.0 Å². The first-order valence-electron chi connectivity index (χ1n) is 8.81. The average molecular weight is 470 g/mol. The summed E-state index contributed by atoms with van der Waals surface area (Å²) >= 11 is 2.91. The third-order valence-electron chi connectivity index (χ3n) is 3.82. The largest absolute Gasteiger partial charge is 0.491 e. The minimum Gasteiger partial charge on any atom is -0.491 e. The van der Waals surface area contributed by atoms with Crippen molar-refractivity contribution in [3.8, 4) is 11.5 Å². The first-order chi connectivity index (χ1) is 14.8. The summed E-state index contributed by atoms with van der Waals surface area (Å²) in [4.78, 5) is 16.5. The van der Waals surface area contributed by atoms with Crippen LogP contribution in [-0.2, 0) is 16.7 Å². The van der Waals surface area contributed by atoms with Crippen molar-refractivity contribution in [3.63, 3.8) is 0 Å². The van der Waals surface area contributed by atoms with Crippen LogP contribution in [0.15, 0.2) is 40.9 Å². The van der Waals surface area contributed by atoms with Crippen LogP contribution in [0.3, 0.4) is 0 Å². The lowest BCUT2D eigenvalue weighted by Gasteiger charge is -2.14. The van der Waals surface area contributed by atoms with Crippen molar-refractivity contribution < 1.29 is 27.4 Å². The maximum Gasteiger partial charge on any atom is 0.418 e. The minimum absolute atomic E-state index is 0.251. The lowest BCUT2D eigenvalue weighted by Crippen LogP contribution is -2.22. The fourth-order valence-electron chi connectivity index (χ4n) is 2.45. The van der Waals surface area contributed by atoms with Crippen LogP contribution < -0.4 is 14.8 Å². The zero-order chi connectivity index (χ0) is 22.4. The van der Waals surface area contributed by atoms with Gasteiger partial charge < -0.3 is 14.8 Å². The fourth-order valence-corrected chi connectivity index (χ4v) is 4.17. The summed E-state index contributed by atoms with van der Waals surface area (Å²) in [6, 6.07) is 6.33. The molecular weight excluding hydrogens is 453 g/mol. The van der Waals surface area contributed by atoms with Crippen molar-refractivity contribution in [2.24, 2.45) is 0 Å². The Morgan fingerprint density at radius 3 is 2.68 bits per heavy atom. The van der Waals surface area contributed by atoms with Gasteiger partial charge in [0.25, 0.3) is 5.91 Å². The van der Waals surface area contributed by atoms with Crippen LogP contribution >= 0.6 is 23.1 Å². The first-order valence-corrected chi connectivity index (χ1v) is 10.6. The molecule has 12 heteroatoms. The van der Waals surface area contributed by atoms with Gasteiger partial charge in [0.05, 0.1) is 30.3 Å². The van der Waals surface area contributed by atoms with E-state index in [2.05, 4.69) is 20.5 Å². The van der Waals surface area contributed by atoms with E-state index in [-0.39, 0.29) is 11.4 Å². The number of anilines is 1. The molecule has 3 rings (SSSR count). The summed E-state index contributed by atoms with van der Waals surface area (Å²) in [5.74, 6) is 0.292. The second-order valence-corrected chi connectivity index (χ2v) is 8.49. The summed E-state index contributed by atoms with van der Waals surface area (Å²) in [5.41, 5.74) is -0.623. The number of rotatable bonds is 8. The fraction of sp³-hybridized carbons (Fsp3) is 0.263. The lowest BCUT2D eigenvalue weighted by molar-refractivity contribution is -0.137. The highest BCUT2D eigenvalue weighted by atomic mass is 32.2. The summed E-state index contributed by atoms with van der Waals surface area (Å²) in [6.45, 7) is 1.35. The topological polar surface area (TPSA) is 86.2 Å². The molecule has 7 nitrogen and oxygen atoms in total. The molecule has 2 heterocycles. The van der Waals surface area contributed by atoms with Crippen LogP contribution in [-0.4, -0.2) is 34.8 Å². The van der Waals surface area contributed by atoms with Gasteiger partial charge in [-0.2, -0.15) is 13.2 Å². The Kier molecular flexibility index (Phi) is 7.33. The number of alkyl halides is 3. The van der Waals surface area contributed by atoms with Crippen molar-refractivity contribution in [1.29, 1.82) is 0 Å². The number of nitrogens with one attached hydrogen (secondary N) is 1. The molecule has 0 radical (unpaired) electrons. The van der Waals surface area contributed by atoms with Gasteiger partial charge in [0, 0.05) is 11.8 Å². The second kappa shape index (κ2) is 9.96. The lowest BCUT2D eigenvalue weighted by atomic mass is 10.1. The molecule has 0 bridgehead atoms. The van der Waals surface area contributed by atoms with Gasteiger partial charge in [-0.25, -0.2) is 0 Å². The number of hydrogen-bond acceptors (Lipinski definition) is 8. The molecule has 0 saturated carbocycles.